The molecule has 9 heteroatoms. The van der Waals surface area contributed by atoms with Crippen molar-refractivity contribution in [2.45, 2.75) is 20.4 Å². The Morgan fingerprint density at radius 3 is 2.43 bits per heavy atom. The van der Waals surface area contributed by atoms with Crippen molar-refractivity contribution in [2.24, 2.45) is 0 Å². The van der Waals surface area contributed by atoms with Crippen LogP contribution in [0.2, 0.25) is 0 Å². The van der Waals surface area contributed by atoms with Crippen molar-refractivity contribution < 1.29 is 9.21 Å². The van der Waals surface area contributed by atoms with Crippen LogP contribution in [-0.2, 0) is 6.54 Å². The van der Waals surface area contributed by atoms with E-state index in [1.54, 1.807) is 42.5 Å². The standard InChI is InChI=1S/C26H22N6O3/c1-3-32-25(34)20-9-4-5-10-21(20)27-26(32)31-28-22(33)17-11-13-18(14-12-17)23-29-30-24(35-23)19-8-6-7-16(2)15-19/h4-15H,3H2,1-2H3,(H,27,31)(H,28,33). The molecular formula is C26H22N6O3. The van der Waals surface area contributed by atoms with Gasteiger partial charge in [0.05, 0.1) is 10.9 Å². The Morgan fingerprint density at radius 1 is 0.943 bits per heavy atom. The van der Waals surface area contributed by atoms with Crippen molar-refractivity contribution in [3.05, 3.63) is 94.3 Å². The quantitative estimate of drug-likeness (QED) is 0.360. The maximum Gasteiger partial charge on any atom is 0.269 e. The molecule has 2 heterocycles. The number of para-hydroxylation sites is 1. The molecule has 5 rings (SSSR count). The van der Waals surface area contributed by atoms with E-state index >= 15 is 0 Å². The van der Waals surface area contributed by atoms with E-state index in [4.69, 9.17) is 4.42 Å². The molecule has 0 bridgehead atoms. The van der Waals surface area contributed by atoms with Gasteiger partial charge >= 0.3 is 0 Å². The highest BCUT2D eigenvalue weighted by molar-refractivity contribution is 5.95. The lowest BCUT2D eigenvalue weighted by atomic mass is 10.1. The van der Waals surface area contributed by atoms with E-state index in [0.717, 1.165) is 11.1 Å². The summed E-state index contributed by atoms with van der Waals surface area (Å²) in [7, 11) is 0. The summed E-state index contributed by atoms with van der Waals surface area (Å²) in [5.41, 5.74) is 8.80. The Bertz CT molecular complexity index is 1590. The number of nitrogens with one attached hydrogen (secondary N) is 2. The van der Waals surface area contributed by atoms with Crippen LogP contribution in [0.5, 0.6) is 0 Å². The lowest BCUT2D eigenvalue weighted by Crippen LogP contribution is -2.34. The van der Waals surface area contributed by atoms with Gasteiger partial charge in [-0.3, -0.25) is 25.0 Å². The minimum atomic E-state index is -0.382. The Hall–Kier alpha value is -4.79. The number of nitrogens with zero attached hydrogens (tertiary/aromatic N) is 4. The van der Waals surface area contributed by atoms with E-state index in [9.17, 15) is 9.59 Å². The van der Waals surface area contributed by atoms with E-state index < -0.39 is 0 Å². The molecule has 0 aliphatic carbocycles. The molecule has 0 aliphatic heterocycles. The van der Waals surface area contributed by atoms with Crippen LogP contribution in [0, 0.1) is 6.92 Å². The van der Waals surface area contributed by atoms with Gasteiger partial charge in [-0.25, -0.2) is 4.98 Å². The minimum absolute atomic E-state index is 0.177. The molecule has 1 amide bonds. The highest BCUT2D eigenvalue weighted by Gasteiger charge is 2.14. The van der Waals surface area contributed by atoms with Gasteiger partial charge in [0.15, 0.2) is 0 Å². The van der Waals surface area contributed by atoms with Crippen molar-refractivity contribution in [1.82, 2.24) is 25.2 Å². The molecule has 2 N–H and O–H groups in total. The van der Waals surface area contributed by atoms with Crippen molar-refractivity contribution in [3.63, 3.8) is 0 Å². The summed E-state index contributed by atoms with van der Waals surface area (Å²) in [6.07, 6.45) is 0. The molecule has 174 valence electrons. The van der Waals surface area contributed by atoms with Gasteiger partial charge in [0.2, 0.25) is 17.7 Å². The number of carbonyl (C=O) groups is 1. The highest BCUT2D eigenvalue weighted by Crippen LogP contribution is 2.24. The fourth-order valence-corrected chi connectivity index (χ4v) is 3.74. The Kier molecular flexibility index (Phi) is 5.80. The molecule has 0 atom stereocenters. The van der Waals surface area contributed by atoms with Crippen molar-refractivity contribution in [1.29, 1.82) is 0 Å². The van der Waals surface area contributed by atoms with Crippen LogP contribution in [0.25, 0.3) is 33.8 Å². The Labute approximate surface area is 200 Å². The lowest BCUT2D eigenvalue weighted by Gasteiger charge is -2.14. The number of rotatable bonds is 6. The zero-order valence-electron chi connectivity index (χ0n) is 19.1. The maximum atomic E-state index is 12.7. The molecule has 0 saturated carbocycles. The number of fused-ring (bicyclic) bond motifs is 1. The lowest BCUT2D eigenvalue weighted by molar-refractivity contribution is 0.0962. The van der Waals surface area contributed by atoms with Gasteiger partial charge in [0, 0.05) is 23.2 Å². The number of aromatic nitrogens is 4. The minimum Gasteiger partial charge on any atom is -0.416 e. The number of anilines is 1. The number of amides is 1. The van der Waals surface area contributed by atoms with Gasteiger partial charge in [0.1, 0.15) is 0 Å². The van der Waals surface area contributed by atoms with Crippen LogP contribution >= 0.6 is 0 Å². The molecule has 0 aliphatic rings. The van der Waals surface area contributed by atoms with E-state index in [1.165, 1.54) is 4.57 Å². The first kappa shape index (κ1) is 22.0. The monoisotopic (exact) mass is 466 g/mol. The van der Waals surface area contributed by atoms with Crippen LogP contribution in [0.4, 0.5) is 5.95 Å². The molecule has 0 fully saturated rings. The topological polar surface area (TPSA) is 115 Å². The first-order valence-corrected chi connectivity index (χ1v) is 11.1. The Morgan fingerprint density at radius 2 is 1.69 bits per heavy atom. The zero-order chi connectivity index (χ0) is 24.4. The molecule has 2 aromatic heterocycles. The van der Waals surface area contributed by atoms with Crippen molar-refractivity contribution in [3.8, 4) is 22.9 Å². The van der Waals surface area contributed by atoms with Crippen LogP contribution in [0.15, 0.2) is 82.0 Å². The number of benzene rings is 3. The molecule has 0 radical (unpaired) electrons. The van der Waals surface area contributed by atoms with E-state index in [2.05, 4.69) is 26.0 Å². The van der Waals surface area contributed by atoms with E-state index in [-0.39, 0.29) is 17.4 Å². The predicted molar refractivity (Wildman–Crippen MR) is 133 cm³/mol. The third kappa shape index (κ3) is 4.39. The summed E-state index contributed by atoms with van der Waals surface area (Å²) >= 11 is 0. The number of hydrogen-bond donors (Lipinski definition) is 2. The van der Waals surface area contributed by atoms with Crippen LogP contribution in [0.1, 0.15) is 22.8 Å². The molecule has 9 nitrogen and oxygen atoms in total. The predicted octanol–water partition coefficient (Wildman–Crippen LogP) is 4.20. The van der Waals surface area contributed by atoms with Gasteiger partial charge < -0.3 is 4.42 Å². The van der Waals surface area contributed by atoms with E-state index in [1.807, 2.05) is 44.2 Å². The van der Waals surface area contributed by atoms with Crippen LogP contribution < -0.4 is 16.4 Å². The average molecular weight is 467 g/mol. The summed E-state index contributed by atoms with van der Waals surface area (Å²) in [5.74, 6) is 0.668. The smallest absolute Gasteiger partial charge is 0.269 e. The van der Waals surface area contributed by atoms with Gasteiger partial charge in [-0.1, -0.05) is 29.8 Å². The summed E-state index contributed by atoms with van der Waals surface area (Å²) < 4.78 is 7.28. The molecular weight excluding hydrogens is 444 g/mol. The van der Waals surface area contributed by atoms with Crippen molar-refractivity contribution in [2.75, 3.05) is 5.43 Å². The fraction of sp³-hybridized carbons (Fsp3) is 0.115. The fourth-order valence-electron chi connectivity index (χ4n) is 3.74. The summed E-state index contributed by atoms with van der Waals surface area (Å²) in [4.78, 5) is 29.9. The number of aryl methyl sites for hydroxylation is 1. The average Bonchev–Trinajstić information content (AvgIpc) is 3.38. The van der Waals surface area contributed by atoms with Gasteiger partial charge in [-0.05, 0) is 62.4 Å². The molecule has 0 unspecified atom stereocenters. The normalized spacial score (nSPS) is 10.9. The first-order valence-electron chi connectivity index (χ1n) is 11.1. The third-order valence-electron chi connectivity index (χ3n) is 5.55. The number of hydrogen-bond acceptors (Lipinski definition) is 7. The number of hydrazine groups is 1. The number of carbonyl (C=O) groups excluding carboxylic acids is 1. The highest BCUT2D eigenvalue weighted by atomic mass is 16.4. The second kappa shape index (κ2) is 9.22. The van der Waals surface area contributed by atoms with E-state index in [0.29, 0.717) is 40.4 Å². The van der Waals surface area contributed by atoms with Gasteiger partial charge in [0.25, 0.3) is 11.5 Å². The molecule has 3 aromatic carbocycles. The van der Waals surface area contributed by atoms with Crippen LogP contribution in [0.3, 0.4) is 0 Å². The first-order chi connectivity index (χ1) is 17.0. The molecule has 0 spiro atoms. The third-order valence-corrected chi connectivity index (χ3v) is 5.55. The largest absolute Gasteiger partial charge is 0.416 e. The second-order valence-corrected chi connectivity index (χ2v) is 7.94. The summed E-state index contributed by atoms with van der Waals surface area (Å²) in [6.45, 7) is 4.24. The van der Waals surface area contributed by atoms with Crippen molar-refractivity contribution >= 4 is 22.8 Å². The second-order valence-electron chi connectivity index (χ2n) is 7.94. The van der Waals surface area contributed by atoms with Gasteiger partial charge in [-0.2, -0.15) is 0 Å². The maximum absolute atomic E-state index is 12.7. The Balaban J connectivity index is 1.31. The van der Waals surface area contributed by atoms with Crippen LogP contribution in [-0.4, -0.2) is 25.7 Å². The zero-order valence-corrected chi connectivity index (χ0v) is 19.1. The van der Waals surface area contributed by atoms with Gasteiger partial charge in [-0.15, -0.1) is 10.2 Å². The SMILES string of the molecule is CCn1c(NNC(=O)c2ccc(-c3nnc(-c4cccc(C)c4)o3)cc2)nc2ccccc2c1=O. The molecule has 5 aromatic rings. The summed E-state index contributed by atoms with van der Waals surface area (Å²) in [5, 5.41) is 8.78. The molecule has 35 heavy (non-hydrogen) atoms. The molecule has 0 saturated heterocycles. The summed E-state index contributed by atoms with van der Waals surface area (Å²) in [6, 6.07) is 21.7.